The second-order valence-corrected chi connectivity index (χ2v) is 5.86. The average molecular weight is 232 g/mol. The Hall–Kier alpha value is 0.0700. The van der Waals surface area contributed by atoms with Crippen molar-refractivity contribution in [2.24, 2.45) is 0 Å². The molecule has 1 heterocycles. The predicted molar refractivity (Wildman–Crippen MR) is 66.7 cm³/mol. The van der Waals surface area contributed by atoms with Crippen LogP contribution in [0.1, 0.15) is 26.2 Å². The van der Waals surface area contributed by atoms with Gasteiger partial charge in [-0.2, -0.15) is 0 Å². The largest absolute Gasteiger partial charge is 0.314 e. The molecule has 0 aromatic heterocycles. The fourth-order valence-electron chi connectivity index (χ4n) is 2.14. The van der Waals surface area contributed by atoms with Crippen LogP contribution in [0, 0.1) is 0 Å². The summed E-state index contributed by atoms with van der Waals surface area (Å²) in [5, 5.41) is 3.50. The molecular weight excluding hydrogens is 208 g/mol. The average Bonchev–Trinajstić information content (AvgIpc) is 2.20. The van der Waals surface area contributed by atoms with E-state index in [9.17, 15) is 4.21 Å². The van der Waals surface area contributed by atoms with Crippen molar-refractivity contribution in [1.82, 2.24) is 10.2 Å². The number of likely N-dealkylation sites (tertiary alicyclic amines) is 1. The predicted octanol–water partition coefficient (Wildman–Crippen LogP) is 0.829. The zero-order chi connectivity index (χ0) is 11.1. The van der Waals surface area contributed by atoms with Gasteiger partial charge in [0.2, 0.25) is 0 Å². The van der Waals surface area contributed by atoms with Crippen LogP contribution < -0.4 is 5.32 Å². The molecule has 1 aliphatic heterocycles. The van der Waals surface area contributed by atoms with Gasteiger partial charge in [0.15, 0.2) is 0 Å². The van der Waals surface area contributed by atoms with Gasteiger partial charge in [0, 0.05) is 28.9 Å². The number of piperidine rings is 1. The molecule has 1 saturated heterocycles. The van der Waals surface area contributed by atoms with Gasteiger partial charge in [-0.1, -0.05) is 6.92 Å². The van der Waals surface area contributed by atoms with Crippen molar-refractivity contribution in [3.05, 3.63) is 0 Å². The third-order valence-electron chi connectivity index (χ3n) is 2.99. The Morgan fingerprint density at radius 1 is 1.40 bits per heavy atom. The second-order valence-electron chi connectivity index (χ2n) is 4.30. The molecule has 90 valence electrons. The molecule has 3 nitrogen and oxygen atoms in total. The quantitative estimate of drug-likeness (QED) is 0.736. The molecule has 0 aromatic carbocycles. The normalized spacial score (nSPS) is 21.7. The van der Waals surface area contributed by atoms with Crippen molar-refractivity contribution < 1.29 is 4.21 Å². The standard InChI is InChI=1S/C11H24N2OS/c1-3-12-11-5-8-13(9-6-11)7-4-10-15(2)14/h11-12H,3-10H2,1-2H3. The van der Waals surface area contributed by atoms with E-state index in [2.05, 4.69) is 17.1 Å². The molecule has 0 aromatic rings. The van der Waals surface area contributed by atoms with Crippen molar-refractivity contribution in [2.45, 2.75) is 32.2 Å². The lowest BCUT2D eigenvalue weighted by Gasteiger charge is -2.32. The highest BCUT2D eigenvalue weighted by atomic mass is 32.2. The molecule has 1 unspecified atom stereocenters. The Balaban J connectivity index is 2.06. The molecule has 0 aliphatic carbocycles. The molecule has 1 aliphatic rings. The van der Waals surface area contributed by atoms with Crippen molar-refractivity contribution >= 4 is 10.8 Å². The topological polar surface area (TPSA) is 32.3 Å². The van der Waals surface area contributed by atoms with Crippen LogP contribution in [-0.4, -0.2) is 53.3 Å². The minimum absolute atomic E-state index is 0.619. The van der Waals surface area contributed by atoms with E-state index in [1.54, 1.807) is 6.26 Å². The zero-order valence-electron chi connectivity index (χ0n) is 10.00. The zero-order valence-corrected chi connectivity index (χ0v) is 10.8. The fraction of sp³-hybridized carbons (Fsp3) is 1.00. The van der Waals surface area contributed by atoms with Crippen LogP contribution in [0.25, 0.3) is 0 Å². The Kier molecular flexibility index (Phi) is 6.45. The summed E-state index contributed by atoms with van der Waals surface area (Å²) < 4.78 is 10.9. The van der Waals surface area contributed by atoms with Crippen LogP contribution in [0.4, 0.5) is 0 Å². The Morgan fingerprint density at radius 3 is 2.60 bits per heavy atom. The highest BCUT2D eigenvalue weighted by molar-refractivity contribution is 7.84. The summed E-state index contributed by atoms with van der Waals surface area (Å²) in [7, 11) is -0.619. The van der Waals surface area contributed by atoms with Gasteiger partial charge in [0.1, 0.15) is 0 Å². The smallest absolute Gasteiger partial charge is 0.0244 e. The Morgan fingerprint density at radius 2 is 2.07 bits per heavy atom. The first kappa shape index (κ1) is 13.1. The summed E-state index contributed by atoms with van der Waals surface area (Å²) in [6.07, 6.45) is 5.40. The van der Waals surface area contributed by atoms with Crippen LogP contribution in [-0.2, 0) is 10.8 Å². The summed E-state index contributed by atoms with van der Waals surface area (Å²) in [6, 6.07) is 0.728. The second kappa shape index (κ2) is 7.36. The molecule has 1 atom stereocenters. The van der Waals surface area contributed by atoms with Crippen molar-refractivity contribution in [2.75, 3.05) is 38.2 Å². The first-order chi connectivity index (χ1) is 7.22. The number of hydrogen-bond donors (Lipinski definition) is 1. The molecule has 0 saturated carbocycles. The molecule has 4 heteroatoms. The molecule has 1 N–H and O–H groups in total. The first-order valence-corrected chi connectivity index (χ1v) is 7.71. The molecule has 0 spiro atoms. The molecule has 0 bridgehead atoms. The minimum atomic E-state index is -0.619. The summed E-state index contributed by atoms with van der Waals surface area (Å²) >= 11 is 0. The lowest BCUT2D eigenvalue weighted by Crippen LogP contribution is -2.42. The van der Waals surface area contributed by atoms with Crippen LogP contribution in [0.2, 0.25) is 0 Å². The van der Waals surface area contributed by atoms with Crippen LogP contribution in [0.15, 0.2) is 0 Å². The molecular formula is C11H24N2OS. The van der Waals surface area contributed by atoms with Gasteiger partial charge in [0.05, 0.1) is 0 Å². The van der Waals surface area contributed by atoms with E-state index in [-0.39, 0.29) is 0 Å². The maximum absolute atomic E-state index is 10.9. The summed E-state index contributed by atoms with van der Waals surface area (Å²) in [6.45, 7) is 6.78. The van der Waals surface area contributed by atoms with E-state index >= 15 is 0 Å². The third kappa shape index (κ3) is 5.64. The number of rotatable bonds is 6. The fourth-order valence-corrected chi connectivity index (χ4v) is 2.68. The molecule has 1 fully saturated rings. The summed E-state index contributed by atoms with van der Waals surface area (Å²) in [5.74, 6) is 0.854. The van der Waals surface area contributed by atoms with Gasteiger partial charge in [-0.15, -0.1) is 0 Å². The van der Waals surface area contributed by atoms with E-state index in [0.717, 1.165) is 31.3 Å². The first-order valence-electron chi connectivity index (χ1n) is 5.98. The summed E-state index contributed by atoms with van der Waals surface area (Å²) in [4.78, 5) is 2.50. The van der Waals surface area contributed by atoms with Gasteiger partial charge in [-0.25, -0.2) is 0 Å². The number of nitrogens with one attached hydrogen (secondary N) is 1. The Labute approximate surface area is 96.1 Å². The monoisotopic (exact) mass is 232 g/mol. The van der Waals surface area contributed by atoms with E-state index in [0.29, 0.717) is 0 Å². The van der Waals surface area contributed by atoms with Gasteiger partial charge in [-0.3, -0.25) is 4.21 Å². The molecule has 15 heavy (non-hydrogen) atoms. The summed E-state index contributed by atoms with van der Waals surface area (Å²) in [5.41, 5.74) is 0. The molecule has 1 rings (SSSR count). The van der Waals surface area contributed by atoms with Gasteiger partial charge < -0.3 is 10.2 Å². The number of hydrogen-bond acceptors (Lipinski definition) is 3. The lowest BCUT2D eigenvalue weighted by molar-refractivity contribution is 0.199. The van der Waals surface area contributed by atoms with E-state index < -0.39 is 10.8 Å². The highest BCUT2D eigenvalue weighted by Gasteiger charge is 2.17. The van der Waals surface area contributed by atoms with Crippen LogP contribution in [0.5, 0.6) is 0 Å². The van der Waals surface area contributed by atoms with Crippen LogP contribution >= 0.6 is 0 Å². The lowest BCUT2D eigenvalue weighted by atomic mass is 10.1. The van der Waals surface area contributed by atoms with Gasteiger partial charge in [-0.05, 0) is 45.4 Å². The van der Waals surface area contributed by atoms with Crippen LogP contribution in [0.3, 0.4) is 0 Å². The van der Waals surface area contributed by atoms with Crippen molar-refractivity contribution in [3.63, 3.8) is 0 Å². The van der Waals surface area contributed by atoms with Gasteiger partial charge >= 0.3 is 0 Å². The maximum atomic E-state index is 10.9. The SMILES string of the molecule is CCNC1CCN(CCCS(C)=O)CC1. The molecule has 0 radical (unpaired) electrons. The minimum Gasteiger partial charge on any atom is -0.314 e. The number of nitrogens with zero attached hydrogens (tertiary/aromatic N) is 1. The van der Waals surface area contributed by atoms with Gasteiger partial charge in [0.25, 0.3) is 0 Å². The Bertz CT molecular complexity index is 191. The highest BCUT2D eigenvalue weighted by Crippen LogP contribution is 2.10. The van der Waals surface area contributed by atoms with E-state index in [1.165, 1.54) is 25.9 Å². The van der Waals surface area contributed by atoms with Crippen molar-refractivity contribution in [1.29, 1.82) is 0 Å². The molecule has 0 amide bonds. The van der Waals surface area contributed by atoms with E-state index in [4.69, 9.17) is 0 Å². The van der Waals surface area contributed by atoms with Crippen molar-refractivity contribution in [3.8, 4) is 0 Å². The maximum Gasteiger partial charge on any atom is 0.0244 e. The third-order valence-corrected chi connectivity index (χ3v) is 3.85. The van der Waals surface area contributed by atoms with E-state index in [1.807, 2.05) is 0 Å².